The van der Waals surface area contributed by atoms with Crippen molar-refractivity contribution in [3.8, 4) is 0 Å². The summed E-state index contributed by atoms with van der Waals surface area (Å²) in [6, 6.07) is 2.36. The van der Waals surface area contributed by atoms with Crippen molar-refractivity contribution in [3.63, 3.8) is 0 Å². The Morgan fingerprint density at radius 1 is 1.27 bits per heavy atom. The lowest BCUT2D eigenvalue weighted by Gasteiger charge is -2.18. The molecule has 6 heteroatoms. The number of hydrogen-bond acceptors (Lipinski definition) is 2. The van der Waals surface area contributed by atoms with Gasteiger partial charge in [0.05, 0.1) is 21.4 Å². The average Bonchev–Trinajstić information content (AvgIpc) is 2.06. The molecular weight excluding hydrogens is 273 g/mol. The van der Waals surface area contributed by atoms with Gasteiger partial charge in [0, 0.05) is 14.1 Å². The van der Waals surface area contributed by atoms with Crippen LogP contribution in [0.15, 0.2) is 16.6 Å². The zero-order valence-corrected chi connectivity index (χ0v) is 9.78. The Hall–Kier alpha value is -0.910. The minimum absolute atomic E-state index is 0.0924. The zero-order valence-electron chi connectivity index (χ0n) is 8.19. The summed E-state index contributed by atoms with van der Waals surface area (Å²) in [5.41, 5.74) is 5.48. The maximum Gasteiger partial charge on any atom is 0.417 e. The molecule has 0 amide bonds. The largest absolute Gasteiger partial charge is 0.417 e. The maximum absolute atomic E-state index is 12.5. The van der Waals surface area contributed by atoms with Gasteiger partial charge in [0.1, 0.15) is 0 Å². The normalized spacial score (nSPS) is 11.6. The standard InChI is InChI=1S/C9H10BrF3N2/c1-15(2)6-4-3-5(9(11,12)13)7(10)8(6)14/h3-4H,14H2,1-2H3. The van der Waals surface area contributed by atoms with Crippen LogP contribution in [0.1, 0.15) is 5.56 Å². The highest BCUT2D eigenvalue weighted by Gasteiger charge is 2.34. The molecule has 0 aliphatic carbocycles. The topological polar surface area (TPSA) is 29.3 Å². The van der Waals surface area contributed by atoms with Gasteiger partial charge < -0.3 is 10.6 Å². The van der Waals surface area contributed by atoms with Gasteiger partial charge >= 0.3 is 6.18 Å². The Bertz CT molecular complexity index is 374. The fraction of sp³-hybridized carbons (Fsp3) is 0.333. The molecule has 1 rings (SSSR count). The molecule has 0 bridgehead atoms. The Labute approximate surface area is 94.0 Å². The summed E-state index contributed by atoms with van der Waals surface area (Å²) in [5, 5.41) is 0. The molecule has 0 atom stereocenters. The van der Waals surface area contributed by atoms with E-state index >= 15 is 0 Å². The van der Waals surface area contributed by atoms with Crippen LogP contribution in [-0.4, -0.2) is 14.1 Å². The highest BCUT2D eigenvalue weighted by molar-refractivity contribution is 9.10. The summed E-state index contributed by atoms with van der Waals surface area (Å²) in [4.78, 5) is 1.65. The molecule has 0 unspecified atom stereocenters. The third-order valence-electron chi connectivity index (χ3n) is 1.94. The summed E-state index contributed by atoms with van der Waals surface area (Å²) in [6.07, 6.45) is -4.39. The van der Waals surface area contributed by atoms with Gasteiger partial charge in [0.2, 0.25) is 0 Å². The van der Waals surface area contributed by atoms with E-state index in [0.29, 0.717) is 5.69 Å². The van der Waals surface area contributed by atoms with Gasteiger partial charge in [-0.25, -0.2) is 0 Å². The second kappa shape index (κ2) is 3.92. The summed E-state index contributed by atoms with van der Waals surface area (Å²) < 4.78 is 37.3. The second-order valence-corrected chi connectivity index (χ2v) is 4.05. The van der Waals surface area contributed by atoms with Crippen LogP contribution in [0.5, 0.6) is 0 Å². The van der Waals surface area contributed by atoms with Crippen LogP contribution >= 0.6 is 15.9 Å². The number of nitrogens with zero attached hydrogens (tertiary/aromatic N) is 1. The second-order valence-electron chi connectivity index (χ2n) is 3.25. The van der Waals surface area contributed by atoms with Crippen LogP contribution in [0.4, 0.5) is 24.5 Å². The van der Waals surface area contributed by atoms with Crippen molar-refractivity contribution >= 4 is 27.3 Å². The van der Waals surface area contributed by atoms with E-state index < -0.39 is 11.7 Å². The molecule has 0 heterocycles. The third kappa shape index (κ3) is 2.37. The number of alkyl halides is 3. The molecule has 1 aromatic carbocycles. The first-order valence-electron chi connectivity index (χ1n) is 4.07. The first-order valence-corrected chi connectivity index (χ1v) is 4.87. The highest BCUT2D eigenvalue weighted by Crippen LogP contribution is 2.40. The number of nitrogens with two attached hydrogens (primary N) is 1. The lowest BCUT2D eigenvalue weighted by atomic mass is 10.1. The highest BCUT2D eigenvalue weighted by atomic mass is 79.9. The van der Waals surface area contributed by atoms with Crippen molar-refractivity contribution in [1.82, 2.24) is 0 Å². The third-order valence-corrected chi connectivity index (χ3v) is 2.80. The molecule has 2 N–H and O–H groups in total. The molecule has 0 aromatic heterocycles. The van der Waals surface area contributed by atoms with Crippen molar-refractivity contribution in [3.05, 3.63) is 22.2 Å². The lowest BCUT2D eigenvalue weighted by molar-refractivity contribution is -0.138. The van der Waals surface area contributed by atoms with Crippen LogP contribution in [0.3, 0.4) is 0 Å². The monoisotopic (exact) mass is 282 g/mol. The smallest absolute Gasteiger partial charge is 0.396 e. The lowest BCUT2D eigenvalue weighted by Crippen LogP contribution is -2.14. The first kappa shape index (κ1) is 12.2. The summed E-state index contributed by atoms with van der Waals surface area (Å²) in [7, 11) is 3.43. The quantitative estimate of drug-likeness (QED) is 0.802. The number of rotatable bonds is 1. The minimum Gasteiger partial charge on any atom is -0.396 e. The molecule has 84 valence electrons. The molecule has 0 saturated carbocycles. The summed E-state index contributed by atoms with van der Waals surface area (Å²) >= 11 is 2.86. The molecule has 0 spiro atoms. The fourth-order valence-corrected chi connectivity index (χ4v) is 1.75. The minimum atomic E-state index is -4.39. The van der Waals surface area contributed by atoms with Gasteiger partial charge in [-0.1, -0.05) is 0 Å². The van der Waals surface area contributed by atoms with E-state index in [1.807, 2.05) is 0 Å². The van der Waals surface area contributed by atoms with E-state index in [1.54, 1.807) is 19.0 Å². The first-order chi connectivity index (χ1) is 6.75. The summed E-state index contributed by atoms with van der Waals surface area (Å²) in [6.45, 7) is 0. The van der Waals surface area contributed by atoms with Gasteiger partial charge in [-0.05, 0) is 28.1 Å². The van der Waals surface area contributed by atoms with E-state index in [1.165, 1.54) is 6.07 Å². The van der Waals surface area contributed by atoms with E-state index in [2.05, 4.69) is 15.9 Å². The van der Waals surface area contributed by atoms with Crippen molar-refractivity contribution < 1.29 is 13.2 Å². The van der Waals surface area contributed by atoms with E-state index in [0.717, 1.165) is 6.07 Å². The zero-order chi connectivity index (χ0) is 11.8. The van der Waals surface area contributed by atoms with Gasteiger partial charge in [-0.3, -0.25) is 0 Å². The number of benzene rings is 1. The van der Waals surface area contributed by atoms with Crippen LogP contribution in [0.25, 0.3) is 0 Å². The van der Waals surface area contributed by atoms with E-state index in [-0.39, 0.29) is 10.2 Å². The SMILES string of the molecule is CN(C)c1ccc(C(F)(F)F)c(Br)c1N. The molecule has 0 fully saturated rings. The van der Waals surface area contributed by atoms with Gasteiger partial charge in [-0.2, -0.15) is 13.2 Å². The summed E-state index contributed by atoms with van der Waals surface area (Å²) in [5.74, 6) is 0. The Morgan fingerprint density at radius 3 is 2.20 bits per heavy atom. The molecule has 0 saturated heterocycles. The van der Waals surface area contributed by atoms with Crippen molar-refractivity contribution in [2.75, 3.05) is 24.7 Å². The van der Waals surface area contributed by atoms with Crippen LogP contribution in [-0.2, 0) is 6.18 Å². The molecule has 0 radical (unpaired) electrons. The van der Waals surface area contributed by atoms with Crippen molar-refractivity contribution in [2.24, 2.45) is 0 Å². The van der Waals surface area contributed by atoms with Crippen LogP contribution in [0, 0.1) is 0 Å². The number of halogens is 4. The Balaban J connectivity index is 3.34. The van der Waals surface area contributed by atoms with Gasteiger partial charge in [-0.15, -0.1) is 0 Å². The molecular formula is C9H10BrF3N2. The van der Waals surface area contributed by atoms with E-state index in [4.69, 9.17) is 5.73 Å². The molecule has 0 aliphatic rings. The molecule has 15 heavy (non-hydrogen) atoms. The molecule has 2 nitrogen and oxygen atoms in total. The average molecular weight is 283 g/mol. The Kier molecular flexibility index (Phi) is 3.18. The Morgan fingerprint density at radius 2 is 1.80 bits per heavy atom. The van der Waals surface area contributed by atoms with Gasteiger partial charge in [0.25, 0.3) is 0 Å². The fourth-order valence-electron chi connectivity index (χ4n) is 1.19. The van der Waals surface area contributed by atoms with Crippen molar-refractivity contribution in [1.29, 1.82) is 0 Å². The predicted molar refractivity (Wildman–Crippen MR) is 57.9 cm³/mol. The predicted octanol–water partition coefficient (Wildman–Crippen LogP) is 3.12. The number of nitrogen functional groups attached to an aromatic ring is 1. The van der Waals surface area contributed by atoms with Crippen LogP contribution < -0.4 is 10.6 Å². The van der Waals surface area contributed by atoms with Gasteiger partial charge in [0.15, 0.2) is 0 Å². The number of anilines is 2. The molecule has 1 aromatic rings. The maximum atomic E-state index is 12.5. The van der Waals surface area contributed by atoms with Crippen LogP contribution in [0.2, 0.25) is 0 Å². The van der Waals surface area contributed by atoms with Crippen molar-refractivity contribution in [2.45, 2.75) is 6.18 Å². The van der Waals surface area contributed by atoms with E-state index in [9.17, 15) is 13.2 Å². The number of hydrogen-bond donors (Lipinski definition) is 1. The molecule has 0 aliphatic heterocycles.